The summed E-state index contributed by atoms with van der Waals surface area (Å²) in [5.41, 5.74) is 3.44. The third-order valence-corrected chi connectivity index (χ3v) is 12.9. The number of amides is 3. The summed E-state index contributed by atoms with van der Waals surface area (Å²) in [6.45, 7) is 4.42. The number of fused-ring (bicyclic) bond motifs is 3. The monoisotopic (exact) mass is 761 g/mol. The van der Waals surface area contributed by atoms with Crippen molar-refractivity contribution in [2.45, 2.75) is 64.2 Å². The molecule has 1 aliphatic carbocycles. The Hall–Kier alpha value is -4.13. The van der Waals surface area contributed by atoms with Gasteiger partial charge in [-0.15, -0.1) is 4.36 Å². The van der Waals surface area contributed by atoms with Crippen LogP contribution >= 0.6 is 11.6 Å². The first-order chi connectivity index (χ1) is 25.7. The number of pyridine rings is 1. The number of aryl methyl sites for hydroxylation is 1. The maximum atomic E-state index is 14.6. The molecule has 282 valence electrons. The van der Waals surface area contributed by atoms with Crippen molar-refractivity contribution in [2.75, 3.05) is 44.0 Å². The average Bonchev–Trinajstić information content (AvgIpc) is 3.13. The van der Waals surface area contributed by atoms with Gasteiger partial charge in [-0.3, -0.25) is 14.5 Å². The van der Waals surface area contributed by atoms with Crippen LogP contribution in [0, 0.1) is 17.8 Å². The number of ether oxygens (including phenoxy) is 3. The number of benzene rings is 2. The highest BCUT2D eigenvalue weighted by Crippen LogP contribution is 2.42. The molecular formula is C40H48ClN5O6S. The number of carbonyl (C=O) groups excluding carboxylic acids is 2. The first kappa shape index (κ1) is 37.2. The molecule has 3 aliphatic heterocycles. The summed E-state index contributed by atoms with van der Waals surface area (Å²) >= 11 is 6.47. The van der Waals surface area contributed by atoms with Crippen LogP contribution in [0.3, 0.4) is 0 Å². The van der Waals surface area contributed by atoms with E-state index in [4.69, 9.17) is 25.8 Å². The molecule has 53 heavy (non-hydrogen) atoms. The Balaban J connectivity index is 1.22. The van der Waals surface area contributed by atoms with Crippen molar-refractivity contribution in [2.24, 2.45) is 22.1 Å². The minimum Gasteiger partial charge on any atom is -0.491 e. The van der Waals surface area contributed by atoms with Crippen LogP contribution in [0.25, 0.3) is 0 Å². The molecule has 2 fully saturated rings. The summed E-state index contributed by atoms with van der Waals surface area (Å²) in [5, 5.41) is 0.712. The number of carbonyl (C=O) groups is 2. The molecular weight excluding hydrogens is 714 g/mol. The minimum absolute atomic E-state index is 0.00148. The Bertz CT molecular complexity index is 1950. The van der Waals surface area contributed by atoms with E-state index >= 15 is 0 Å². The second-order valence-corrected chi connectivity index (χ2v) is 17.1. The number of allylic oxidation sites excluding steroid dienone is 1. The molecule has 0 unspecified atom stereocenters. The first-order valence-corrected chi connectivity index (χ1v) is 20.6. The zero-order valence-electron chi connectivity index (χ0n) is 30.3. The predicted octanol–water partition coefficient (Wildman–Crippen LogP) is 7.09. The normalized spacial score (nSPS) is 27.3. The van der Waals surface area contributed by atoms with Gasteiger partial charge >= 0.3 is 6.03 Å². The average molecular weight is 762 g/mol. The van der Waals surface area contributed by atoms with Crippen molar-refractivity contribution in [1.29, 1.82) is 0 Å². The number of urea groups is 1. The smallest absolute Gasteiger partial charge is 0.330 e. The van der Waals surface area contributed by atoms with Gasteiger partial charge in [0, 0.05) is 37.0 Å². The fourth-order valence-corrected chi connectivity index (χ4v) is 9.74. The van der Waals surface area contributed by atoms with E-state index in [2.05, 4.69) is 43.3 Å². The molecule has 5 atom stereocenters. The molecule has 1 N–H and O–H groups in total. The van der Waals surface area contributed by atoms with Gasteiger partial charge in [-0.1, -0.05) is 36.7 Å². The van der Waals surface area contributed by atoms with Crippen molar-refractivity contribution < 1.29 is 28.0 Å². The van der Waals surface area contributed by atoms with Crippen LogP contribution < -0.4 is 19.1 Å². The SMILES string of the molecule is CO[C@H]1/C=C/C[C@H](C)C[S@@](=O)(NC(=O)N2CC(Oc3cccnc3)C2)=NC(=O)c2ccc3c(c2)N(Cc2ccc(Cl)cc2CCCCO3)C[C@@H]2CC[C@H]21. The topological polar surface area (TPSA) is 123 Å². The summed E-state index contributed by atoms with van der Waals surface area (Å²) in [6.07, 6.45) is 12.6. The third-order valence-electron chi connectivity index (χ3n) is 10.7. The molecule has 13 heteroatoms. The number of hydrogen-bond acceptors (Lipinski definition) is 8. The van der Waals surface area contributed by atoms with E-state index < -0.39 is 21.9 Å². The number of aromatic nitrogens is 1. The zero-order valence-corrected chi connectivity index (χ0v) is 31.9. The molecule has 7 rings (SSSR count). The highest BCUT2D eigenvalue weighted by molar-refractivity contribution is 7.92. The lowest BCUT2D eigenvalue weighted by Crippen LogP contribution is -2.59. The van der Waals surface area contributed by atoms with Gasteiger partial charge in [0.1, 0.15) is 27.5 Å². The van der Waals surface area contributed by atoms with E-state index in [1.807, 2.05) is 25.1 Å². The molecule has 1 aromatic heterocycles. The molecule has 4 aliphatic rings. The molecule has 3 aromatic rings. The number of nitrogens with zero attached hydrogens (tertiary/aromatic N) is 4. The maximum Gasteiger partial charge on any atom is 0.330 e. The van der Waals surface area contributed by atoms with E-state index in [9.17, 15) is 13.8 Å². The summed E-state index contributed by atoms with van der Waals surface area (Å²) in [6, 6.07) is 14.4. The summed E-state index contributed by atoms with van der Waals surface area (Å²) in [4.78, 5) is 35.4. The molecule has 0 radical (unpaired) electrons. The van der Waals surface area contributed by atoms with Crippen molar-refractivity contribution in [3.05, 3.63) is 94.8 Å². The highest BCUT2D eigenvalue weighted by Gasteiger charge is 2.38. The molecule has 3 amide bonds. The number of anilines is 1. The summed E-state index contributed by atoms with van der Waals surface area (Å²) in [5.74, 6) is 1.17. The van der Waals surface area contributed by atoms with Crippen molar-refractivity contribution in [3.63, 3.8) is 0 Å². The maximum absolute atomic E-state index is 14.6. The van der Waals surface area contributed by atoms with Crippen molar-refractivity contribution in [1.82, 2.24) is 14.6 Å². The molecule has 11 nitrogen and oxygen atoms in total. The Labute approximate surface area is 317 Å². The summed E-state index contributed by atoms with van der Waals surface area (Å²) < 4.78 is 39.9. The number of likely N-dealkylation sites (tertiary alicyclic amines) is 1. The number of rotatable bonds is 4. The van der Waals surface area contributed by atoms with Crippen LogP contribution in [0.5, 0.6) is 11.5 Å². The van der Waals surface area contributed by atoms with Crippen LogP contribution in [-0.4, -0.2) is 77.3 Å². The van der Waals surface area contributed by atoms with Crippen LogP contribution in [-0.2, 0) is 27.6 Å². The molecule has 0 spiro atoms. The van der Waals surface area contributed by atoms with Gasteiger partial charge in [-0.05, 0) is 110 Å². The van der Waals surface area contributed by atoms with E-state index in [-0.39, 0.29) is 29.4 Å². The Morgan fingerprint density at radius 2 is 1.94 bits per heavy atom. The van der Waals surface area contributed by atoms with E-state index in [0.29, 0.717) is 61.0 Å². The van der Waals surface area contributed by atoms with Gasteiger partial charge in [0.15, 0.2) is 0 Å². The van der Waals surface area contributed by atoms with Crippen LogP contribution in [0.15, 0.2) is 77.4 Å². The highest BCUT2D eigenvalue weighted by atomic mass is 35.5. The van der Waals surface area contributed by atoms with Gasteiger partial charge in [-0.2, -0.15) is 0 Å². The fraction of sp³-hybridized carbons (Fsp3) is 0.475. The van der Waals surface area contributed by atoms with Gasteiger partial charge in [0.05, 0.1) is 43.4 Å². The van der Waals surface area contributed by atoms with E-state index in [1.54, 1.807) is 37.7 Å². The van der Waals surface area contributed by atoms with E-state index in [1.165, 1.54) is 16.0 Å². The predicted molar refractivity (Wildman–Crippen MR) is 206 cm³/mol. The first-order valence-electron chi connectivity index (χ1n) is 18.6. The van der Waals surface area contributed by atoms with Crippen molar-refractivity contribution >= 4 is 39.1 Å². The standard InChI is InChI=1S/C40H48ClN5O6S/c1-27-7-5-10-37(50-2)35-15-12-31(35)23-45-22-30-11-14-32(41)19-28(30)8-3-4-18-51-38-16-13-29(20-36(38)45)39(47)43-53(49,26-27)44-40(48)46-24-34(25-46)52-33-9-6-17-42-21-33/h5-6,9-11,13-14,16-17,19-21,27,31,34-35,37H,3-4,7-8,12,15,18,22-26H2,1-2H3,(H,43,44,47,48,49)/b10-5+/t27-,31-,35+,37-,53-/m0/s1. The lowest BCUT2D eigenvalue weighted by atomic mass is 9.70. The largest absolute Gasteiger partial charge is 0.491 e. The van der Waals surface area contributed by atoms with Crippen LogP contribution in [0.4, 0.5) is 10.5 Å². The van der Waals surface area contributed by atoms with Gasteiger partial charge in [0.25, 0.3) is 5.91 Å². The number of halogens is 1. The van der Waals surface area contributed by atoms with Gasteiger partial charge in [-0.25, -0.2) is 9.00 Å². The van der Waals surface area contributed by atoms with Crippen molar-refractivity contribution in [3.8, 4) is 11.5 Å². The number of hydrogen-bond donors (Lipinski definition) is 1. The number of nitrogens with one attached hydrogen (secondary N) is 1. The van der Waals surface area contributed by atoms with Gasteiger partial charge < -0.3 is 24.0 Å². The second-order valence-electron chi connectivity index (χ2n) is 14.7. The molecule has 1 saturated carbocycles. The molecule has 2 aromatic carbocycles. The molecule has 1 saturated heterocycles. The Morgan fingerprint density at radius 3 is 2.72 bits per heavy atom. The minimum atomic E-state index is -3.54. The lowest BCUT2D eigenvalue weighted by Gasteiger charge is -2.43. The number of methoxy groups -OCH3 is 1. The molecule has 2 bridgehead atoms. The van der Waals surface area contributed by atoms with E-state index in [0.717, 1.165) is 44.3 Å². The fourth-order valence-electron chi connectivity index (χ4n) is 7.66. The zero-order chi connectivity index (χ0) is 37.0. The quantitative estimate of drug-likeness (QED) is 0.280. The van der Waals surface area contributed by atoms with Gasteiger partial charge in [0.2, 0.25) is 0 Å². The Kier molecular flexibility index (Phi) is 11.6. The third kappa shape index (κ3) is 8.99. The Morgan fingerprint density at radius 1 is 1.08 bits per heavy atom. The van der Waals surface area contributed by atoms with Crippen LogP contribution in [0.1, 0.15) is 60.5 Å². The summed E-state index contributed by atoms with van der Waals surface area (Å²) in [7, 11) is -1.78. The second kappa shape index (κ2) is 16.5. The van der Waals surface area contributed by atoms with Crippen LogP contribution in [0.2, 0.25) is 5.02 Å². The molecule has 4 heterocycles. The lowest BCUT2D eigenvalue weighted by molar-refractivity contribution is 0.0133.